The van der Waals surface area contributed by atoms with E-state index in [0.29, 0.717) is 5.56 Å². The highest BCUT2D eigenvalue weighted by Crippen LogP contribution is 2.29. The molecule has 0 aromatic heterocycles. The number of ether oxygens (including phenoxy) is 1. The molecule has 1 N–H and O–H groups in total. The largest absolute Gasteiger partial charge is 0.490 e. The first kappa shape index (κ1) is 12.7. The summed E-state index contributed by atoms with van der Waals surface area (Å²) >= 11 is 0. The molecule has 2 aromatic carbocycles. The number of halogens is 1. The van der Waals surface area contributed by atoms with Crippen LogP contribution < -0.4 is 10.1 Å². The highest BCUT2D eigenvalue weighted by Gasteiger charge is 2.20. The fourth-order valence-corrected chi connectivity index (χ4v) is 2.32. The Labute approximate surface area is 116 Å². The van der Waals surface area contributed by atoms with Crippen molar-refractivity contribution in [3.05, 3.63) is 59.4 Å². The van der Waals surface area contributed by atoms with Gasteiger partial charge in [-0.25, -0.2) is 4.39 Å². The quantitative estimate of drug-likeness (QED) is 0.909. The van der Waals surface area contributed by atoms with E-state index in [1.165, 1.54) is 12.1 Å². The number of carbonyl (C=O) groups excluding carboxylic acids is 1. The smallest absolute Gasteiger partial charge is 0.255 e. The van der Waals surface area contributed by atoms with Crippen LogP contribution in [0, 0.1) is 5.82 Å². The zero-order valence-electron chi connectivity index (χ0n) is 11.0. The van der Waals surface area contributed by atoms with Crippen LogP contribution in [0.1, 0.15) is 22.8 Å². The Hall–Kier alpha value is -2.36. The molecule has 1 aliphatic heterocycles. The van der Waals surface area contributed by atoms with Crippen LogP contribution in [0.15, 0.2) is 42.5 Å². The molecule has 2 aromatic rings. The van der Waals surface area contributed by atoms with E-state index in [9.17, 15) is 9.18 Å². The van der Waals surface area contributed by atoms with Crippen LogP contribution in [0.25, 0.3) is 0 Å². The zero-order chi connectivity index (χ0) is 14.1. The number of nitrogens with one attached hydrogen (secondary N) is 1. The van der Waals surface area contributed by atoms with E-state index in [2.05, 4.69) is 5.32 Å². The summed E-state index contributed by atoms with van der Waals surface area (Å²) in [5.74, 6) is 0.0522. The zero-order valence-corrected chi connectivity index (χ0v) is 11.0. The predicted molar refractivity (Wildman–Crippen MR) is 74.6 cm³/mol. The van der Waals surface area contributed by atoms with Crippen molar-refractivity contribution in [2.45, 2.75) is 19.4 Å². The van der Waals surface area contributed by atoms with Crippen molar-refractivity contribution in [3.63, 3.8) is 0 Å². The molecule has 1 amide bonds. The van der Waals surface area contributed by atoms with Crippen LogP contribution >= 0.6 is 0 Å². The van der Waals surface area contributed by atoms with Gasteiger partial charge in [0.25, 0.3) is 5.91 Å². The maximum absolute atomic E-state index is 13.5. The maximum atomic E-state index is 13.5. The molecule has 1 atom stereocenters. The molecule has 102 valence electrons. The summed E-state index contributed by atoms with van der Waals surface area (Å²) in [6.07, 6.45) is 0.922. The molecule has 3 nitrogen and oxygen atoms in total. The second-order valence-electron chi connectivity index (χ2n) is 4.89. The highest BCUT2D eigenvalue weighted by atomic mass is 19.1. The van der Waals surface area contributed by atoms with Crippen LogP contribution in [-0.4, -0.2) is 12.0 Å². The van der Waals surface area contributed by atoms with Gasteiger partial charge in [0.2, 0.25) is 0 Å². The summed E-state index contributed by atoms with van der Waals surface area (Å²) in [5, 5.41) is 2.57. The molecule has 0 saturated carbocycles. The molecule has 0 saturated heterocycles. The lowest BCUT2D eigenvalue weighted by Crippen LogP contribution is -2.13. The standard InChI is InChI=1S/C16H14FNO2/c1-10-8-12-9-11(6-7-15(12)20-10)16(19)18-14-5-3-2-4-13(14)17/h2-7,9-10H,8H2,1H3,(H,18,19)/t10-/m0/s1. The summed E-state index contributed by atoms with van der Waals surface area (Å²) in [7, 11) is 0. The Morgan fingerprint density at radius 2 is 2.10 bits per heavy atom. The molecular weight excluding hydrogens is 257 g/mol. The summed E-state index contributed by atoms with van der Waals surface area (Å²) in [6, 6.07) is 11.4. The highest BCUT2D eigenvalue weighted by molar-refractivity contribution is 6.04. The second-order valence-corrected chi connectivity index (χ2v) is 4.89. The molecule has 3 rings (SSSR count). The van der Waals surface area contributed by atoms with Crippen molar-refractivity contribution in [1.82, 2.24) is 0 Å². The average molecular weight is 271 g/mol. The number of carbonyl (C=O) groups is 1. The fraction of sp³-hybridized carbons (Fsp3) is 0.188. The Kier molecular flexibility index (Phi) is 3.14. The van der Waals surface area contributed by atoms with Gasteiger partial charge in [-0.1, -0.05) is 12.1 Å². The number of para-hydroxylation sites is 1. The van der Waals surface area contributed by atoms with Crippen molar-refractivity contribution in [1.29, 1.82) is 0 Å². The average Bonchev–Trinajstić information content (AvgIpc) is 2.80. The molecule has 1 heterocycles. The molecule has 20 heavy (non-hydrogen) atoms. The Balaban J connectivity index is 1.82. The first-order valence-corrected chi connectivity index (χ1v) is 6.49. The van der Waals surface area contributed by atoms with E-state index in [-0.39, 0.29) is 17.7 Å². The monoisotopic (exact) mass is 271 g/mol. The lowest BCUT2D eigenvalue weighted by atomic mass is 10.1. The molecule has 1 aliphatic rings. The number of anilines is 1. The third kappa shape index (κ3) is 2.37. The number of rotatable bonds is 2. The molecule has 0 spiro atoms. The van der Waals surface area contributed by atoms with Crippen LogP contribution in [-0.2, 0) is 6.42 Å². The van der Waals surface area contributed by atoms with E-state index in [1.54, 1.807) is 30.3 Å². The topological polar surface area (TPSA) is 38.3 Å². The van der Waals surface area contributed by atoms with E-state index in [4.69, 9.17) is 4.74 Å². The summed E-state index contributed by atoms with van der Waals surface area (Å²) in [6.45, 7) is 1.99. The fourth-order valence-electron chi connectivity index (χ4n) is 2.32. The third-order valence-electron chi connectivity index (χ3n) is 3.28. The summed E-state index contributed by atoms with van der Waals surface area (Å²) in [4.78, 5) is 12.1. The van der Waals surface area contributed by atoms with Gasteiger partial charge in [-0.3, -0.25) is 4.79 Å². The lowest BCUT2D eigenvalue weighted by Gasteiger charge is -2.07. The van der Waals surface area contributed by atoms with Crippen molar-refractivity contribution in [2.24, 2.45) is 0 Å². The van der Waals surface area contributed by atoms with Gasteiger partial charge >= 0.3 is 0 Å². The number of benzene rings is 2. The van der Waals surface area contributed by atoms with Crippen molar-refractivity contribution >= 4 is 11.6 Å². The molecule has 4 heteroatoms. The molecule has 0 unspecified atom stereocenters. The van der Waals surface area contributed by atoms with E-state index in [0.717, 1.165) is 17.7 Å². The molecular formula is C16H14FNO2. The third-order valence-corrected chi connectivity index (χ3v) is 3.28. The van der Waals surface area contributed by atoms with Gasteiger partial charge in [0, 0.05) is 12.0 Å². The van der Waals surface area contributed by atoms with Crippen molar-refractivity contribution in [2.75, 3.05) is 5.32 Å². The molecule has 0 aliphatic carbocycles. The van der Waals surface area contributed by atoms with Gasteiger partial charge in [-0.05, 0) is 42.8 Å². The van der Waals surface area contributed by atoms with Crippen molar-refractivity contribution in [3.8, 4) is 5.75 Å². The minimum absolute atomic E-state index is 0.134. The van der Waals surface area contributed by atoms with Gasteiger partial charge in [0.05, 0.1) is 5.69 Å². The summed E-state index contributed by atoms with van der Waals surface area (Å²) in [5.41, 5.74) is 1.70. The predicted octanol–water partition coefficient (Wildman–Crippen LogP) is 3.40. The van der Waals surface area contributed by atoms with Crippen LogP contribution in [0.2, 0.25) is 0 Å². The number of hydrogen-bond donors (Lipinski definition) is 1. The number of fused-ring (bicyclic) bond motifs is 1. The van der Waals surface area contributed by atoms with Gasteiger partial charge in [-0.2, -0.15) is 0 Å². The lowest BCUT2D eigenvalue weighted by molar-refractivity contribution is 0.102. The molecule has 0 bridgehead atoms. The first-order valence-electron chi connectivity index (χ1n) is 6.49. The van der Waals surface area contributed by atoms with E-state index >= 15 is 0 Å². The minimum Gasteiger partial charge on any atom is -0.490 e. The number of hydrogen-bond acceptors (Lipinski definition) is 2. The van der Waals surface area contributed by atoms with E-state index in [1.807, 2.05) is 6.92 Å². The Bertz CT molecular complexity index is 669. The molecule has 0 fully saturated rings. The van der Waals surface area contributed by atoms with Gasteiger partial charge in [0.1, 0.15) is 17.7 Å². The van der Waals surface area contributed by atoms with Crippen LogP contribution in [0.5, 0.6) is 5.75 Å². The Morgan fingerprint density at radius 1 is 1.30 bits per heavy atom. The van der Waals surface area contributed by atoms with Gasteiger partial charge in [-0.15, -0.1) is 0 Å². The van der Waals surface area contributed by atoms with Crippen molar-refractivity contribution < 1.29 is 13.9 Å². The molecule has 0 radical (unpaired) electrons. The van der Waals surface area contributed by atoms with Gasteiger partial charge in [0.15, 0.2) is 0 Å². The SMILES string of the molecule is C[C@H]1Cc2cc(C(=O)Nc3ccccc3F)ccc2O1. The normalized spacial score (nSPS) is 16.4. The van der Waals surface area contributed by atoms with Crippen LogP contribution in [0.3, 0.4) is 0 Å². The van der Waals surface area contributed by atoms with E-state index < -0.39 is 5.82 Å². The second kappa shape index (κ2) is 4.96. The number of amides is 1. The summed E-state index contributed by atoms with van der Waals surface area (Å²) < 4.78 is 19.1. The first-order chi connectivity index (χ1) is 9.63. The maximum Gasteiger partial charge on any atom is 0.255 e. The van der Waals surface area contributed by atoms with Gasteiger partial charge < -0.3 is 10.1 Å². The Morgan fingerprint density at radius 3 is 2.90 bits per heavy atom. The van der Waals surface area contributed by atoms with Crippen LogP contribution in [0.4, 0.5) is 10.1 Å². The minimum atomic E-state index is -0.445.